The zero-order chi connectivity index (χ0) is 13.4. The predicted molar refractivity (Wildman–Crippen MR) is 73.5 cm³/mol. The van der Waals surface area contributed by atoms with E-state index in [4.69, 9.17) is 16.0 Å². The third kappa shape index (κ3) is 2.04. The van der Waals surface area contributed by atoms with Gasteiger partial charge >= 0.3 is 0 Å². The van der Waals surface area contributed by atoms with E-state index in [1.54, 1.807) is 24.4 Å². The first-order valence-electron chi connectivity index (χ1n) is 5.87. The largest absolute Gasteiger partial charge is 0.462 e. The molecule has 3 rings (SSSR count). The molecule has 2 aromatic heterocycles. The molecule has 0 aliphatic heterocycles. The Kier molecular flexibility index (Phi) is 2.87. The minimum absolute atomic E-state index is 0.159. The second kappa shape index (κ2) is 4.55. The van der Waals surface area contributed by atoms with Gasteiger partial charge in [-0.15, -0.1) is 0 Å². The Hall–Kier alpha value is -2.07. The molecule has 0 aliphatic carbocycles. The highest BCUT2D eigenvalue weighted by atomic mass is 35.5. The number of hydrogen-bond donors (Lipinski definition) is 0. The molecule has 1 unspecified atom stereocenters. The predicted octanol–water partition coefficient (Wildman–Crippen LogP) is 3.25. The smallest absolute Gasteiger partial charge is 0.278 e. The Balaban J connectivity index is 2.10. The van der Waals surface area contributed by atoms with Crippen LogP contribution in [0.15, 0.2) is 52.0 Å². The topological polar surface area (TPSA) is 48.0 Å². The number of aromatic nitrogens is 2. The summed E-state index contributed by atoms with van der Waals surface area (Å²) in [6.45, 7) is 1.92. The van der Waals surface area contributed by atoms with Crippen LogP contribution in [0.25, 0.3) is 11.0 Å². The second-order valence-corrected chi connectivity index (χ2v) is 4.76. The van der Waals surface area contributed by atoms with E-state index in [0.29, 0.717) is 16.0 Å². The van der Waals surface area contributed by atoms with Gasteiger partial charge in [-0.1, -0.05) is 23.7 Å². The first-order chi connectivity index (χ1) is 9.16. The van der Waals surface area contributed by atoms with Crippen molar-refractivity contribution in [2.45, 2.75) is 13.0 Å². The Morgan fingerprint density at radius 2 is 2.00 bits per heavy atom. The van der Waals surface area contributed by atoms with Crippen LogP contribution >= 0.6 is 11.6 Å². The van der Waals surface area contributed by atoms with Crippen molar-refractivity contribution >= 4 is 22.6 Å². The van der Waals surface area contributed by atoms with Gasteiger partial charge in [-0.05, 0) is 30.7 Å². The molecule has 0 bridgehead atoms. The highest BCUT2D eigenvalue weighted by molar-refractivity contribution is 6.30. The van der Waals surface area contributed by atoms with Crippen molar-refractivity contribution in [2.75, 3.05) is 0 Å². The van der Waals surface area contributed by atoms with E-state index in [9.17, 15) is 4.79 Å². The lowest BCUT2D eigenvalue weighted by Crippen LogP contribution is -2.26. The molecular formula is C14H11ClN2O2. The Morgan fingerprint density at radius 3 is 2.74 bits per heavy atom. The molecule has 0 aliphatic rings. The lowest BCUT2D eigenvalue weighted by atomic mass is 10.1. The van der Waals surface area contributed by atoms with E-state index in [0.717, 1.165) is 5.56 Å². The number of furan rings is 1. The zero-order valence-electron chi connectivity index (χ0n) is 10.2. The Labute approximate surface area is 114 Å². The molecule has 3 aromatic rings. The first-order valence-corrected chi connectivity index (χ1v) is 6.25. The molecule has 0 radical (unpaired) electrons. The Bertz CT molecular complexity index is 774. The van der Waals surface area contributed by atoms with Crippen LogP contribution in [0.3, 0.4) is 0 Å². The van der Waals surface area contributed by atoms with Crippen LogP contribution in [-0.4, -0.2) is 9.78 Å². The maximum Gasteiger partial charge on any atom is 0.278 e. The van der Waals surface area contributed by atoms with Crippen molar-refractivity contribution in [2.24, 2.45) is 0 Å². The molecule has 96 valence electrons. The van der Waals surface area contributed by atoms with Crippen molar-refractivity contribution in [1.29, 1.82) is 0 Å². The van der Waals surface area contributed by atoms with Crippen LogP contribution < -0.4 is 5.56 Å². The summed E-state index contributed by atoms with van der Waals surface area (Å²) in [7, 11) is 0. The SMILES string of the molecule is CC(c1ccc(Cl)cc1)n1ncc2occc2c1=O. The van der Waals surface area contributed by atoms with E-state index in [-0.39, 0.29) is 11.6 Å². The van der Waals surface area contributed by atoms with E-state index >= 15 is 0 Å². The zero-order valence-corrected chi connectivity index (χ0v) is 11.0. The molecule has 2 heterocycles. The molecule has 5 heteroatoms. The fraction of sp³-hybridized carbons (Fsp3) is 0.143. The number of benzene rings is 1. The van der Waals surface area contributed by atoms with Crippen molar-refractivity contribution < 1.29 is 4.42 Å². The van der Waals surface area contributed by atoms with Crippen LogP contribution in [-0.2, 0) is 0 Å². The van der Waals surface area contributed by atoms with Gasteiger partial charge in [0, 0.05) is 5.02 Å². The van der Waals surface area contributed by atoms with Gasteiger partial charge in [-0.3, -0.25) is 4.79 Å². The van der Waals surface area contributed by atoms with Crippen molar-refractivity contribution in [3.05, 3.63) is 63.7 Å². The quantitative estimate of drug-likeness (QED) is 0.721. The van der Waals surface area contributed by atoms with Crippen molar-refractivity contribution in [3.8, 4) is 0 Å². The molecular weight excluding hydrogens is 264 g/mol. The van der Waals surface area contributed by atoms with Crippen LogP contribution in [0.2, 0.25) is 5.02 Å². The van der Waals surface area contributed by atoms with Gasteiger partial charge in [0.15, 0.2) is 5.58 Å². The van der Waals surface area contributed by atoms with E-state index in [2.05, 4.69) is 5.10 Å². The summed E-state index contributed by atoms with van der Waals surface area (Å²) in [5.74, 6) is 0. The average Bonchev–Trinajstić information content (AvgIpc) is 2.88. The van der Waals surface area contributed by atoms with E-state index in [1.165, 1.54) is 10.9 Å². The van der Waals surface area contributed by atoms with Gasteiger partial charge in [0.25, 0.3) is 5.56 Å². The number of hydrogen-bond acceptors (Lipinski definition) is 3. The van der Waals surface area contributed by atoms with Crippen molar-refractivity contribution in [1.82, 2.24) is 9.78 Å². The lowest BCUT2D eigenvalue weighted by Gasteiger charge is -2.13. The standard InChI is InChI=1S/C14H11ClN2O2/c1-9(10-2-4-11(15)5-3-10)17-14(18)12-6-7-19-13(12)8-16-17/h2-9H,1H3. The Morgan fingerprint density at radius 1 is 1.26 bits per heavy atom. The molecule has 19 heavy (non-hydrogen) atoms. The molecule has 4 nitrogen and oxygen atoms in total. The highest BCUT2D eigenvalue weighted by Gasteiger charge is 2.13. The third-order valence-corrected chi connectivity index (χ3v) is 3.40. The maximum absolute atomic E-state index is 12.3. The van der Waals surface area contributed by atoms with Gasteiger partial charge in [-0.2, -0.15) is 5.10 Å². The summed E-state index contributed by atoms with van der Waals surface area (Å²) in [6, 6.07) is 8.87. The molecule has 1 aromatic carbocycles. The van der Waals surface area contributed by atoms with Crippen LogP contribution in [0.1, 0.15) is 18.5 Å². The fourth-order valence-electron chi connectivity index (χ4n) is 2.05. The summed E-state index contributed by atoms with van der Waals surface area (Å²) in [6.07, 6.45) is 3.05. The van der Waals surface area contributed by atoms with Crippen LogP contribution in [0.5, 0.6) is 0 Å². The summed E-state index contributed by atoms with van der Waals surface area (Å²) in [5, 5.41) is 5.36. The summed E-state index contributed by atoms with van der Waals surface area (Å²) in [5.41, 5.74) is 1.32. The average molecular weight is 275 g/mol. The monoisotopic (exact) mass is 274 g/mol. The fourth-order valence-corrected chi connectivity index (χ4v) is 2.17. The molecule has 0 fully saturated rings. The molecule has 0 N–H and O–H groups in total. The summed E-state index contributed by atoms with van der Waals surface area (Å²) < 4.78 is 6.61. The van der Waals surface area contributed by atoms with E-state index in [1.807, 2.05) is 19.1 Å². The maximum atomic E-state index is 12.3. The van der Waals surface area contributed by atoms with Gasteiger partial charge < -0.3 is 4.42 Å². The normalized spacial score (nSPS) is 12.7. The molecule has 0 saturated heterocycles. The highest BCUT2D eigenvalue weighted by Crippen LogP contribution is 2.19. The molecule has 0 amide bonds. The van der Waals surface area contributed by atoms with Gasteiger partial charge in [0.1, 0.15) is 0 Å². The third-order valence-electron chi connectivity index (χ3n) is 3.15. The summed E-state index contributed by atoms with van der Waals surface area (Å²) in [4.78, 5) is 12.3. The summed E-state index contributed by atoms with van der Waals surface area (Å²) >= 11 is 5.86. The lowest BCUT2D eigenvalue weighted by molar-refractivity contribution is 0.531. The van der Waals surface area contributed by atoms with Crippen LogP contribution in [0, 0.1) is 0 Å². The number of nitrogens with zero attached hydrogens (tertiary/aromatic N) is 2. The number of rotatable bonds is 2. The van der Waals surface area contributed by atoms with Gasteiger partial charge in [0.2, 0.25) is 0 Å². The second-order valence-electron chi connectivity index (χ2n) is 4.32. The van der Waals surface area contributed by atoms with Gasteiger partial charge in [-0.25, -0.2) is 4.68 Å². The van der Waals surface area contributed by atoms with Crippen LogP contribution in [0.4, 0.5) is 0 Å². The van der Waals surface area contributed by atoms with E-state index < -0.39 is 0 Å². The minimum atomic E-state index is -0.163. The molecule has 0 spiro atoms. The van der Waals surface area contributed by atoms with Gasteiger partial charge in [0.05, 0.1) is 23.9 Å². The molecule has 1 atom stereocenters. The first kappa shape index (κ1) is 12.0. The van der Waals surface area contributed by atoms with Crippen molar-refractivity contribution in [3.63, 3.8) is 0 Å². The number of fused-ring (bicyclic) bond motifs is 1. The minimum Gasteiger partial charge on any atom is -0.462 e. The number of halogens is 1. The molecule has 0 saturated carbocycles.